The maximum Gasteiger partial charge on any atom is 0.523 e. The molecule has 0 amide bonds. The van der Waals surface area contributed by atoms with Gasteiger partial charge in [-0.25, -0.2) is 0 Å². The average Bonchev–Trinajstić information content (AvgIpc) is 3.40. The van der Waals surface area contributed by atoms with Crippen LogP contribution in [0.15, 0.2) is 65.7 Å². The number of aliphatic imine (C=N–C) groups is 1. The van der Waals surface area contributed by atoms with Crippen LogP contribution in [0.3, 0.4) is 0 Å². The summed E-state index contributed by atoms with van der Waals surface area (Å²) in [6.45, 7) is 16.0. The van der Waals surface area contributed by atoms with Crippen molar-refractivity contribution in [3.05, 3.63) is 71.8 Å². The maximum absolute atomic E-state index is 11.1. The summed E-state index contributed by atoms with van der Waals surface area (Å²) >= 11 is 0. The summed E-state index contributed by atoms with van der Waals surface area (Å²) in [5.74, 6) is 0. The summed E-state index contributed by atoms with van der Waals surface area (Å²) in [5, 5.41) is 0. The second-order valence-electron chi connectivity index (χ2n) is 5.47. The smallest absolute Gasteiger partial charge is 0.281 e. The highest BCUT2D eigenvalue weighted by Gasteiger charge is 2.46. The SMILES string of the molecule is CC.CC.CC.CC.COS(=O)(=O)C(F)(F)F.c1ccc(C2=NC(c3ccccc3)CC2)cc1. The van der Waals surface area contributed by atoms with Crippen molar-refractivity contribution < 1.29 is 25.8 Å². The van der Waals surface area contributed by atoms with E-state index in [1.807, 2.05) is 61.5 Å². The van der Waals surface area contributed by atoms with Crippen LogP contribution in [-0.4, -0.2) is 26.7 Å². The molecule has 0 spiro atoms. The average molecular weight is 506 g/mol. The van der Waals surface area contributed by atoms with Crippen molar-refractivity contribution in [1.29, 1.82) is 0 Å². The zero-order valence-electron chi connectivity index (χ0n) is 22.0. The van der Waals surface area contributed by atoms with Crippen molar-refractivity contribution in [3.8, 4) is 0 Å². The maximum atomic E-state index is 11.1. The molecule has 8 heteroatoms. The topological polar surface area (TPSA) is 55.7 Å². The van der Waals surface area contributed by atoms with Gasteiger partial charge in [0.25, 0.3) is 0 Å². The number of hydrogen-bond acceptors (Lipinski definition) is 4. The molecule has 4 nitrogen and oxygen atoms in total. The highest BCUT2D eigenvalue weighted by atomic mass is 32.2. The number of alkyl halides is 3. The third kappa shape index (κ3) is 13.5. The summed E-state index contributed by atoms with van der Waals surface area (Å²) in [7, 11) is -4.89. The van der Waals surface area contributed by atoms with Gasteiger partial charge in [-0.05, 0) is 24.0 Å². The number of hydrogen-bond donors (Lipinski definition) is 0. The molecule has 1 atom stereocenters. The van der Waals surface area contributed by atoms with Crippen LogP contribution in [0, 0.1) is 0 Å². The number of nitrogens with zero attached hydrogens (tertiary/aromatic N) is 1. The molecular formula is C26H42F3NO3S. The molecule has 1 aliphatic rings. The molecule has 0 bridgehead atoms. The van der Waals surface area contributed by atoms with E-state index in [0.29, 0.717) is 13.2 Å². The van der Waals surface area contributed by atoms with Crippen molar-refractivity contribution >= 4 is 15.8 Å². The van der Waals surface area contributed by atoms with E-state index in [9.17, 15) is 21.6 Å². The molecule has 3 rings (SSSR count). The number of rotatable bonds is 3. The van der Waals surface area contributed by atoms with Gasteiger partial charge in [-0.1, -0.05) is 116 Å². The Kier molecular flexibility index (Phi) is 22.8. The molecule has 34 heavy (non-hydrogen) atoms. The highest BCUT2D eigenvalue weighted by molar-refractivity contribution is 7.87. The molecule has 1 heterocycles. The Bertz CT molecular complexity index is 839. The molecule has 0 aliphatic carbocycles. The van der Waals surface area contributed by atoms with Gasteiger partial charge in [-0.2, -0.15) is 21.6 Å². The summed E-state index contributed by atoms with van der Waals surface area (Å²) in [4.78, 5) is 4.85. The number of halogens is 3. The molecule has 2 aromatic carbocycles. The number of benzene rings is 2. The van der Waals surface area contributed by atoms with Crippen LogP contribution in [-0.2, 0) is 14.3 Å². The molecular weight excluding hydrogens is 463 g/mol. The highest BCUT2D eigenvalue weighted by Crippen LogP contribution is 2.30. The molecule has 0 N–H and O–H groups in total. The second kappa shape index (κ2) is 21.4. The Labute approximate surface area is 205 Å². The monoisotopic (exact) mass is 505 g/mol. The largest absolute Gasteiger partial charge is 0.523 e. The van der Waals surface area contributed by atoms with Crippen LogP contribution in [0.1, 0.15) is 85.4 Å². The van der Waals surface area contributed by atoms with Gasteiger partial charge in [0.05, 0.1) is 13.2 Å². The van der Waals surface area contributed by atoms with Crippen LogP contribution in [0.2, 0.25) is 0 Å². The Morgan fingerprint density at radius 3 is 1.56 bits per heavy atom. The zero-order chi connectivity index (χ0) is 27.2. The van der Waals surface area contributed by atoms with E-state index in [-0.39, 0.29) is 0 Å². The normalized spacial score (nSPS) is 13.9. The quantitative estimate of drug-likeness (QED) is 0.310. The van der Waals surface area contributed by atoms with E-state index in [4.69, 9.17) is 4.99 Å². The van der Waals surface area contributed by atoms with Gasteiger partial charge in [0.15, 0.2) is 0 Å². The first-order valence-electron chi connectivity index (χ1n) is 11.8. The van der Waals surface area contributed by atoms with Crippen molar-refractivity contribution in [2.24, 2.45) is 4.99 Å². The minimum Gasteiger partial charge on any atom is -0.281 e. The lowest BCUT2D eigenvalue weighted by Gasteiger charge is -2.05. The predicted molar refractivity (Wildman–Crippen MR) is 139 cm³/mol. The molecule has 0 saturated heterocycles. The van der Waals surface area contributed by atoms with Gasteiger partial charge < -0.3 is 0 Å². The fraction of sp³-hybridized carbons (Fsp3) is 0.500. The molecule has 0 fully saturated rings. The third-order valence-electron chi connectivity index (χ3n) is 3.76. The van der Waals surface area contributed by atoms with E-state index in [1.165, 1.54) is 16.8 Å². The lowest BCUT2D eigenvalue weighted by Crippen LogP contribution is -2.23. The van der Waals surface area contributed by atoms with Crippen LogP contribution in [0.5, 0.6) is 0 Å². The van der Waals surface area contributed by atoms with E-state index < -0.39 is 15.6 Å². The standard InChI is InChI=1S/C16H15N.C2H3F3O3S.4C2H6/c1-3-7-13(8-4-1)15-11-12-16(17-15)14-9-5-2-6-10-14;1-8-9(6,7)2(3,4)5;4*1-2/h1-10,15H,11-12H2;1H3;4*1-2H3. The molecule has 1 aliphatic heterocycles. The fourth-order valence-corrected chi connectivity index (χ4v) is 2.64. The van der Waals surface area contributed by atoms with Crippen molar-refractivity contribution in [3.63, 3.8) is 0 Å². The van der Waals surface area contributed by atoms with Gasteiger partial charge in [0.2, 0.25) is 0 Å². The first-order valence-corrected chi connectivity index (χ1v) is 13.2. The first kappa shape index (κ1) is 36.4. The Morgan fingerprint density at radius 2 is 1.21 bits per heavy atom. The van der Waals surface area contributed by atoms with E-state index in [2.05, 4.69) is 58.8 Å². The van der Waals surface area contributed by atoms with Gasteiger partial charge in [-0.15, -0.1) is 0 Å². The molecule has 0 saturated carbocycles. The molecule has 2 aromatic rings. The van der Waals surface area contributed by atoms with Gasteiger partial charge in [-0.3, -0.25) is 9.18 Å². The summed E-state index contributed by atoms with van der Waals surface area (Å²) in [5.41, 5.74) is -1.45. The minimum atomic E-state index is -5.34. The Hall–Kier alpha value is -2.19. The van der Waals surface area contributed by atoms with Crippen LogP contribution < -0.4 is 0 Å². The van der Waals surface area contributed by atoms with Crippen molar-refractivity contribution in [2.45, 2.75) is 79.8 Å². The van der Waals surface area contributed by atoms with E-state index >= 15 is 0 Å². The Balaban J connectivity index is -0.000000484. The van der Waals surface area contributed by atoms with Crippen LogP contribution in [0.4, 0.5) is 13.2 Å². The molecule has 196 valence electrons. The summed E-state index contributed by atoms with van der Waals surface area (Å²) < 4.78 is 55.9. The van der Waals surface area contributed by atoms with Crippen molar-refractivity contribution in [2.75, 3.05) is 7.11 Å². The predicted octanol–water partition coefficient (Wildman–Crippen LogP) is 8.60. The zero-order valence-corrected chi connectivity index (χ0v) is 22.8. The van der Waals surface area contributed by atoms with E-state index in [1.54, 1.807) is 0 Å². The van der Waals surface area contributed by atoms with Crippen LogP contribution in [0.25, 0.3) is 0 Å². The van der Waals surface area contributed by atoms with Gasteiger partial charge in [0, 0.05) is 5.71 Å². The fourth-order valence-electron chi connectivity index (χ4n) is 2.45. The van der Waals surface area contributed by atoms with Gasteiger partial charge in [0.1, 0.15) is 0 Å². The van der Waals surface area contributed by atoms with Crippen molar-refractivity contribution in [1.82, 2.24) is 0 Å². The van der Waals surface area contributed by atoms with E-state index in [0.717, 1.165) is 12.8 Å². The molecule has 1 unspecified atom stereocenters. The molecule has 0 aromatic heterocycles. The lowest BCUT2D eigenvalue weighted by molar-refractivity contribution is -0.0526. The summed E-state index contributed by atoms with van der Waals surface area (Å²) in [6, 6.07) is 21.4. The molecule has 0 radical (unpaired) electrons. The lowest BCUT2D eigenvalue weighted by atomic mass is 10.0. The first-order chi connectivity index (χ1) is 16.2. The second-order valence-corrected chi connectivity index (χ2v) is 7.18. The minimum absolute atomic E-state index is 0.353. The third-order valence-corrected chi connectivity index (χ3v) is 4.77. The Morgan fingerprint density at radius 1 is 0.794 bits per heavy atom. The van der Waals surface area contributed by atoms with Crippen LogP contribution >= 0.6 is 0 Å². The van der Waals surface area contributed by atoms with Gasteiger partial charge >= 0.3 is 15.6 Å². The summed E-state index contributed by atoms with van der Waals surface area (Å²) in [6.07, 6.45) is 2.22.